The van der Waals surface area contributed by atoms with Gasteiger partial charge in [-0.15, -0.1) is 24.5 Å². The number of nitrogens with one attached hydrogen (secondary N) is 2. The molecule has 0 saturated carbocycles. The highest BCUT2D eigenvalue weighted by molar-refractivity contribution is 7.92. The predicted molar refractivity (Wildman–Crippen MR) is 189 cm³/mol. The maximum absolute atomic E-state index is 14.0. The second kappa shape index (κ2) is 16.3. The zero-order valence-electron chi connectivity index (χ0n) is 28.0. The van der Waals surface area contributed by atoms with Crippen molar-refractivity contribution in [2.45, 2.75) is 50.4 Å². The summed E-state index contributed by atoms with van der Waals surface area (Å²) in [5.74, 6) is -1.34. The summed E-state index contributed by atoms with van der Waals surface area (Å²) in [6.07, 6.45) is -3.18. The summed E-state index contributed by atoms with van der Waals surface area (Å²) < 4.78 is 68.1. The standard InChI is InChI=1S/C36H39F3N4O6S2/c1-42(51(2,47)48)28-20-26(19-27(21-28)35(46)43-15-7-13-31(43)33-14-8-16-50-33)34(45)41-30(18-24-9-4-3-5-10-24)32(44)23-40-22-25-11-6-12-29(17-25)49-36(37,38)39/h3-6,8-12,14,16-17,19-21,30-32,40,44H,7,13,15,18,22-23H2,1-2H3,(H,41,45)/t30-,31?,32+/m1/s1. The number of hydrogen-bond donors (Lipinski definition) is 3. The second-order valence-corrected chi connectivity index (χ2v) is 15.3. The number of sulfonamides is 1. The third-order valence-electron chi connectivity index (χ3n) is 8.57. The van der Waals surface area contributed by atoms with E-state index in [1.54, 1.807) is 22.3 Å². The maximum atomic E-state index is 14.0. The van der Waals surface area contributed by atoms with Gasteiger partial charge in [0.05, 0.1) is 30.1 Å². The fourth-order valence-electron chi connectivity index (χ4n) is 5.95. The number of hydrogen-bond acceptors (Lipinski definition) is 8. The number of carbonyl (C=O) groups is 2. The number of rotatable bonds is 14. The Hall–Kier alpha value is -4.44. The summed E-state index contributed by atoms with van der Waals surface area (Å²) in [5, 5.41) is 19.1. The lowest BCUT2D eigenvalue weighted by atomic mass is 9.99. The van der Waals surface area contributed by atoms with Gasteiger partial charge in [0.2, 0.25) is 10.0 Å². The molecule has 5 rings (SSSR count). The molecule has 1 saturated heterocycles. The van der Waals surface area contributed by atoms with Crippen molar-refractivity contribution in [1.82, 2.24) is 15.5 Å². The quantitative estimate of drug-likeness (QED) is 0.155. The Morgan fingerprint density at radius 1 is 1.02 bits per heavy atom. The molecular formula is C36H39F3N4O6S2. The average Bonchev–Trinajstić information content (AvgIpc) is 3.79. The molecule has 3 atom stereocenters. The number of likely N-dealkylation sites (tertiary alicyclic amines) is 1. The number of carbonyl (C=O) groups excluding carboxylic acids is 2. The van der Waals surface area contributed by atoms with E-state index in [0.29, 0.717) is 12.1 Å². The van der Waals surface area contributed by atoms with Gasteiger partial charge in [-0.05, 0) is 72.2 Å². The zero-order valence-corrected chi connectivity index (χ0v) is 29.6. The third kappa shape index (κ3) is 10.3. The molecule has 0 bridgehead atoms. The Morgan fingerprint density at radius 3 is 2.43 bits per heavy atom. The van der Waals surface area contributed by atoms with Crippen LogP contribution in [0.5, 0.6) is 5.75 Å². The summed E-state index contributed by atoms with van der Waals surface area (Å²) in [4.78, 5) is 30.7. The van der Waals surface area contributed by atoms with Gasteiger partial charge in [0, 0.05) is 42.7 Å². The Kier molecular flexibility index (Phi) is 12.1. The van der Waals surface area contributed by atoms with Gasteiger partial charge in [-0.3, -0.25) is 13.9 Å². The number of halogens is 3. The molecule has 1 fully saturated rings. The van der Waals surface area contributed by atoms with Gasteiger partial charge < -0.3 is 25.4 Å². The molecular weight excluding hydrogens is 706 g/mol. The van der Waals surface area contributed by atoms with Gasteiger partial charge in [0.25, 0.3) is 11.8 Å². The molecule has 4 aromatic rings. The second-order valence-electron chi connectivity index (χ2n) is 12.3. The number of aliphatic hydroxyl groups excluding tert-OH is 1. The van der Waals surface area contributed by atoms with Crippen LogP contribution >= 0.6 is 11.3 Å². The number of ether oxygens (including phenoxy) is 1. The van der Waals surface area contributed by atoms with Crippen LogP contribution in [0.4, 0.5) is 18.9 Å². The molecule has 3 N–H and O–H groups in total. The molecule has 3 aromatic carbocycles. The van der Waals surface area contributed by atoms with Crippen LogP contribution in [0.15, 0.2) is 90.3 Å². The van der Waals surface area contributed by atoms with E-state index in [-0.39, 0.29) is 54.0 Å². The topological polar surface area (TPSA) is 128 Å². The number of nitrogens with zero attached hydrogens (tertiary/aromatic N) is 2. The van der Waals surface area contributed by atoms with Crippen LogP contribution in [0.25, 0.3) is 0 Å². The highest BCUT2D eigenvalue weighted by Crippen LogP contribution is 2.36. The minimum absolute atomic E-state index is 0.0259. The molecule has 2 heterocycles. The number of anilines is 1. The number of alkyl halides is 3. The average molecular weight is 745 g/mol. The summed E-state index contributed by atoms with van der Waals surface area (Å²) >= 11 is 1.55. The number of amides is 2. The molecule has 0 spiro atoms. The van der Waals surface area contributed by atoms with Gasteiger partial charge >= 0.3 is 6.36 Å². The van der Waals surface area contributed by atoms with Crippen LogP contribution in [0.2, 0.25) is 0 Å². The Labute approximate surface area is 298 Å². The van der Waals surface area contributed by atoms with E-state index in [2.05, 4.69) is 15.4 Å². The normalized spacial score (nSPS) is 16.0. The van der Waals surface area contributed by atoms with Gasteiger partial charge in [0.15, 0.2) is 0 Å². The number of aliphatic hydroxyl groups is 1. The first kappa shape index (κ1) is 37.8. The summed E-state index contributed by atoms with van der Waals surface area (Å²) in [6, 6.07) is 21.8. The van der Waals surface area contributed by atoms with Crippen molar-refractivity contribution in [3.8, 4) is 5.75 Å². The molecule has 15 heteroatoms. The Morgan fingerprint density at radius 2 is 1.75 bits per heavy atom. The minimum atomic E-state index is -4.83. The Balaban J connectivity index is 1.37. The van der Waals surface area contributed by atoms with E-state index in [1.807, 2.05) is 47.8 Å². The van der Waals surface area contributed by atoms with Crippen molar-refractivity contribution in [2.75, 3.05) is 30.7 Å². The molecule has 1 aliphatic heterocycles. The van der Waals surface area contributed by atoms with E-state index >= 15 is 0 Å². The van der Waals surface area contributed by atoms with Crippen LogP contribution in [0, 0.1) is 0 Å². The summed E-state index contributed by atoms with van der Waals surface area (Å²) in [7, 11) is -2.42. The molecule has 51 heavy (non-hydrogen) atoms. The smallest absolute Gasteiger partial charge is 0.406 e. The van der Waals surface area contributed by atoms with E-state index in [9.17, 15) is 36.3 Å². The molecule has 1 aliphatic rings. The lowest BCUT2D eigenvalue weighted by Crippen LogP contribution is -2.48. The highest BCUT2D eigenvalue weighted by Gasteiger charge is 2.33. The van der Waals surface area contributed by atoms with Gasteiger partial charge in [-0.25, -0.2) is 8.42 Å². The highest BCUT2D eigenvalue weighted by atomic mass is 32.2. The van der Waals surface area contributed by atoms with E-state index in [1.165, 1.54) is 43.4 Å². The molecule has 0 aliphatic carbocycles. The lowest BCUT2D eigenvalue weighted by Gasteiger charge is -2.27. The summed E-state index contributed by atoms with van der Waals surface area (Å²) in [5.41, 5.74) is 1.59. The largest absolute Gasteiger partial charge is 0.573 e. The number of benzene rings is 3. The first-order chi connectivity index (χ1) is 24.2. The third-order valence-corrected chi connectivity index (χ3v) is 10.7. The molecule has 0 radical (unpaired) electrons. The molecule has 1 aromatic heterocycles. The fourth-order valence-corrected chi connectivity index (χ4v) is 7.32. The SMILES string of the molecule is CN(c1cc(C(=O)N[C@H](Cc2ccccc2)[C@@H](O)CNCc2cccc(OC(F)(F)F)c2)cc(C(=O)N2CCCC2c2cccs2)c1)S(C)(=O)=O. The van der Waals surface area contributed by atoms with Crippen molar-refractivity contribution >= 4 is 38.9 Å². The lowest BCUT2D eigenvalue weighted by molar-refractivity contribution is -0.274. The van der Waals surface area contributed by atoms with Crippen LogP contribution in [-0.4, -0.2) is 75.1 Å². The van der Waals surface area contributed by atoms with Crippen LogP contribution in [0.1, 0.15) is 55.6 Å². The van der Waals surface area contributed by atoms with Crippen LogP contribution in [0.3, 0.4) is 0 Å². The number of thiophene rings is 1. The minimum Gasteiger partial charge on any atom is -0.406 e. The van der Waals surface area contributed by atoms with E-state index in [4.69, 9.17) is 0 Å². The molecule has 10 nitrogen and oxygen atoms in total. The van der Waals surface area contributed by atoms with Crippen LogP contribution in [-0.2, 0) is 23.0 Å². The van der Waals surface area contributed by atoms with E-state index < -0.39 is 34.4 Å². The summed E-state index contributed by atoms with van der Waals surface area (Å²) in [6.45, 7) is 0.571. The first-order valence-corrected chi connectivity index (χ1v) is 18.9. The van der Waals surface area contributed by atoms with Gasteiger partial charge in [-0.1, -0.05) is 48.5 Å². The Bertz CT molecular complexity index is 1910. The predicted octanol–water partition coefficient (Wildman–Crippen LogP) is 5.51. The van der Waals surface area contributed by atoms with Crippen molar-refractivity contribution in [3.63, 3.8) is 0 Å². The molecule has 1 unspecified atom stereocenters. The van der Waals surface area contributed by atoms with Gasteiger partial charge in [-0.2, -0.15) is 0 Å². The first-order valence-electron chi connectivity index (χ1n) is 16.2. The zero-order chi connectivity index (χ0) is 36.8. The monoisotopic (exact) mass is 744 g/mol. The van der Waals surface area contributed by atoms with Crippen molar-refractivity contribution in [1.29, 1.82) is 0 Å². The molecule has 272 valence electrons. The van der Waals surface area contributed by atoms with Crippen LogP contribution < -0.4 is 19.7 Å². The maximum Gasteiger partial charge on any atom is 0.573 e. The van der Waals surface area contributed by atoms with Gasteiger partial charge in [0.1, 0.15) is 5.75 Å². The van der Waals surface area contributed by atoms with Crippen molar-refractivity contribution in [2.24, 2.45) is 0 Å². The molecule has 2 amide bonds. The van der Waals surface area contributed by atoms with E-state index in [0.717, 1.165) is 33.8 Å². The fraction of sp³-hybridized carbons (Fsp3) is 0.333. The van der Waals surface area contributed by atoms with Crippen molar-refractivity contribution in [3.05, 3.63) is 117 Å². The van der Waals surface area contributed by atoms with Crippen molar-refractivity contribution < 1.29 is 41.0 Å².